The van der Waals surface area contributed by atoms with Gasteiger partial charge in [-0.05, 0) is 6.92 Å². The van der Waals surface area contributed by atoms with E-state index in [0.29, 0.717) is 12.2 Å². The molecule has 1 N–H and O–H groups in total. The van der Waals surface area contributed by atoms with Crippen LogP contribution in [0.4, 0.5) is 0 Å². The number of esters is 1. The predicted molar refractivity (Wildman–Crippen MR) is 67.5 cm³/mol. The van der Waals surface area contributed by atoms with Crippen molar-refractivity contribution in [3.63, 3.8) is 0 Å². The molecule has 0 amide bonds. The van der Waals surface area contributed by atoms with Crippen molar-refractivity contribution in [3.05, 3.63) is 42.1 Å². The monoisotopic (exact) mass is 240 g/mol. The smallest absolute Gasteiger partial charge is 0.384 e. The fourth-order valence-electron chi connectivity index (χ4n) is 1.49. The zero-order valence-corrected chi connectivity index (χ0v) is 9.93. The van der Waals surface area contributed by atoms with Crippen LogP contribution in [0.25, 0.3) is 11.3 Å². The minimum atomic E-state index is -0.530. The number of aromatic amines is 1. The zero-order valence-electron chi connectivity index (χ0n) is 9.93. The molecule has 1 heterocycles. The summed E-state index contributed by atoms with van der Waals surface area (Å²) in [5.74, 6) is 4.65. The normalized spacial score (nSPS) is 9.39. The van der Waals surface area contributed by atoms with Crippen molar-refractivity contribution in [2.75, 3.05) is 6.61 Å². The lowest BCUT2D eigenvalue weighted by molar-refractivity contribution is -0.136. The summed E-state index contributed by atoms with van der Waals surface area (Å²) < 4.78 is 4.74. The van der Waals surface area contributed by atoms with Crippen LogP contribution in [0.1, 0.15) is 12.5 Å². The molecule has 0 atom stereocenters. The van der Waals surface area contributed by atoms with Gasteiger partial charge in [-0.3, -0.25) is 5.10 Å². The highest BCUT2D eigenvalue weighted by molar-refractivity contribution is 5.89. The number of rotatable bonds is 2. The van der Waals surface area contributed by atoms with E-state index in [0.717, 1.165) is 11.3 Å². The SMILES string of the molecule is CCOC(=O)C#Cc1cn[nH]c1-c1ccccc1. The number of benzene rings is 1. The second-order valence-corrected chi connectivity index (χ2v) is 3.50. The summed E-state index contributed by atoms with van der Waals surface area (Å²) in [7, 11) is 0. The first-order valence-electron chi connectivity index (χ1n) is 5.59. The van der Waals surface area contributed by atoms with E-state index < -0.39 is 5.97 Å². The van der Waals surface area contributed by atoms with Gasteiger partial charge >= 0.3 is 5.97 Å². The Kier molecular flexibility index (Phi) is 3.77. The molecule has 0 saturated carbocycles. The lowest BCUT2D eigenvalue weighted by Gasteiger charge is -1.97. The summed E-state index contributed by atoms with van der Waals surface area (Å²) in [5.41, 5.74) is 2.45. The maximum Gasteiger partial charge on any atom is 0.384 e. The molecule has 2 aromatic rings. The molecule has 0 fully saturated rings. The van der Waals surface area contributed by atoms with Gasteiger partial charge in [-0.2, -0.15) is 5.10 Å². The Balaban J connectivity index is 2.26. The van der Waals surface area contributed by atoms with Crippen LogP contribution in [0.15, 0.2) is 36.5 Å². The molecule has 0 bridgehead atoms. The molecule has 90 valence electrons. The van der Waals surface area contributed by atoms with Crippen LogP contribution in [0.3, 0.4) is 0 Å². The highest BCUT2D eigenvalue weighted by Gasteiger charge is 2.05. The molecule has 1 aromatic carbocycles. The number of nitrogens with zero attached hydrogens (tertiary/aromatic N) is 1. The van der Waals surface area contributed by atoms with E-state index in [-0.39, 0.29) is 0 Å². The van der Waals surface area contributed by atoms with Gasteiger partial charge in [0, 0.05) is 11.5 Å². The van der Waals surface area contributed by atoms with E-state index in [9.17, 15) is 4.79 Å². The Labute approximate surface area is 105 Å². The summed E-state index contributed by atoms with van der Waals surface area (Å²) in [6.45, 7) is 2.07. The summed E-state index contributed by atoms with van der Waals surface area (Å²) in [5, 5.41) is 6.82. The van der Waals surface area contributed by atoms with Crippen LogP contribution in [-0.4, -0.2) is 22.8 Å². The van der Waals surface area contributed by atoms with Crippen LogP contribution in [0, 0.1) is 11.8 Å². The van der Waals surface area contributed by atoms with Crippen molar-refractivity contribution in [1.29, 1.82) is 0 Å². The molecule has 0 aliphatic heterocycles. The largest absolute Gasteiger partial charge is 0.456 e. The van der Waals surface area contributed by atoms with Crippen LogP contribution in [-0.2, 0) is 9.53 Å². The van der Waals surface area contributed by atoms with Crippen LogP contribution in [0.5, 0.6) is 0 Å². The van der Waals surface area contributed by atoms with E-state index in [1.165, 1.54) is 0 Å². The Bertz CT molecular complexity index is 591. The van der Waals surface area contributed by atoms with Crippen molar-refractivity contribution in [3.8, 4) is 23.1 Å². The number of carbonyl (C=O) groups excluding carboxylic acids is 1. The predicted octanol–water partition coefficient (Wildman–Crippen LogP) is 1.99. The summed E-state index contributed by atoms with van der Waals surface area (Å²) >= 11 is 0. The molecule has 0 spiro atoms. The molecule has 0 aliphatic carbocycles. The average Bonchev–Trinajstić information content (AvgIpc) is 2.86. The van der Waals surface area contributed by atoms with E-state index in [1.54, 1.807) is 13.1 Å². The molecule has 0 unspecified atom stereocenters. The Morgan fingerprint density at radius 2 is 2.17 bits per heavy atom. The molecule has 0 radical (unpaired) electrons. The van der Waals surface area contributed by atoms with E-state index in [4.69, 9.17) is 4.74 Å². The van der Waals surface area contributed by atoms with Gasteiger partial charge in [0.15, 0.2) is 0 Å². The third kappa shape index (κ3) is 2.77. The Morgan fingerprint density at radius 3 is 2.89 bits per heavy atom. The van der Waals surface area contributed by atoms with Crippen molar-refractivity contribution in [2.24, 2.45) is 0 Å². The van der Waals surface area contributed by atoms with Crippen LogP contribution >= 0.6 is 0 Å². The van der Waals surface area contributed by atoms with E-state index in [2.05, 4.69) is 22.0 Å². The fraction of sp³-hybridized carbons (Fsp3) is 0.143. The highest BCUT2D eigenvalue weighted by Crippen LogP contribution is 2.19. The number of hydrogen-bond acceptors (Lipinski definition) is 3. The summed E-state index contributed by atoms with van der Waals surface area (Å²) in [4.78, 5) is 11.2. The van der Waals surface area contributed by atoms with Crippen molar-refractivity contribution in [1.82, 2.24) is 10.2 Å². The molecule has 0 saturated heterocycles. The third-order valence-electron chi connectivity index (χ3n) is 2.28. The third-order valence-corrected chi connectivity index (χ3v) is 2.28. The van der Waals surface area contributed by atoms with Crippen LogP contribution < -0.4 is 0 Å². The number of H-pyrrole nitrogens is 1. The molecule has 18 heavy (non-hydrogen) atoms. The first kappa shape index (κ1) is 11.9. The second-order valence-electron chi connectivity index (χ2n) is 3.50. The summed E-state index contributed by atoms with van der Waals surface area (Å²) in [6.07, 6.45) is 1.59. The second kappa shape index (κ2) is 5.69. The van der Waals surface area contributed by atoms with Crippen molar-refractivity contribution in [2.45, 2.75) is 6.92 Å². The van der Waals surface area contributed by atoms with Gasteiger partial charge in [-0.1, -0.05) is 36.3 Å². The van der Waals surface area contributed by atoms with Gasteiger partial charge in [0.1, 0.15) is 0 Å². The zero-order chi connectivity index (χ0) is 12.8. The highest BCUT2D eigenvalue weighted by atomic mass is 16.5. The fourth-order valence-corrected chi connectivity index (χ4v) is 1.49. The molecule has 4 nitrogen and oxygen atoms in total. The summed E-state index contributed by atoms with van der Waals surface area (Å²) in [6, 6.07) is 9.69. The van der Waals surface area contributed by atoms with Gasteiger partial charge in [-0.15, -0.1) is 0 Å². The van der Waals surface area contributed by atoms with Gasteiger partial charge in [0.2, 0.25) is 0 Å². The van der Waals surface area contributed by atoms with E-state index >= 15 is 0 Å². The number of carbonyl (C=O) groups is 1. The van der Waals surface area contributed by atoms with Gasteiger partial charge in [0.05, 0.1) is 24.1 Å². The maximum atomic E-state index is 11.2. The molecule has 2 rings (SSSR count). The lowest BCUT2D eigenvalue weighted by atomic mass is 10.1. The average molecular weight is 240 g/mol. The lowest BCUT2D eigenvalue weighted by Crippen LogP contribution is -1.99. The number of aromatic nitrogens is 2. The van der Waals surface area contributed by atoms with E-state index in [1.807, 2.05) is 30.3 Å². The van der Waals surface area contributed by atoms with Gasteiger partial charge in [0.25, 0.3) is 0 Å². The first-order chi connectivity index (χ1) is 8.81. The van der Waals surface area contributed by atoms with Crippen molar-refractivity contribution >= 4 is 5.97 Å². The minimum absolute atomic E-state index is 0.324. The van der Waals surface area contributed by atoms with Crippen molar-refractivity contribution < 1.29 is 9.53 Å². The molecule has 0 aliphatic rings. The molecular formula is C14H12N2O2. The van der Waals surface area contributed by atoms with Gasteiger partial charge < -0.3 is 4.74 Å². The number of hydrogen-bond donors (Lipinski definition) is 1. The molecule has 1 aromatic heterocycles. The molecule has 4 heteroatoms. The molecular weight excluding hydrogens is 228 g/mol. The first-order valence-corrected chi connectivity index (χ1v) is 5.59. The number of nitrogens with one attached hydrogen (secondary N) is 1. The van der Waals surface area contributed by atoms with Gasteiger partial charge in [-0.25, -0.2) is 4.79 Å². The minimum Gasteiger partial charge on any atom is -0.456 e. The topological polar surface area (TPSA) is 55.0 Å². The quantitative estimate of drug-likeness (QED) is 0.645. The number of ether oxygens (including phenoxy) is 1. The Hall–Kier alpha value is -2.54. The standard InChI is InChI=1S/C14H12N2O2/c1-2-18-13(17)9-8-12-10-15-16-14(12)11-6-4-3-5-7-11/h3-7,10H,2H2,1H3,(H,15,16). The Morgan fingerprint density at radius 1 is 1.39 bits per heavy atom. The maximum absolute atomic E-state index is 11.2. The van der Waals surface area contributed by atoms with Crippen LogP contribution in [0.2, 0.25) is 0 Å².